The molecule has 3 aliphatic rings. The third-order valence-electron chi connectivity index (χ3n) is 10.1. The molecule has 1 fully saturated rings. The number of fused-ring (bicyclic) bond motifs is 8. The second kappa shape index (κ2) is 11.1. The molecule has 0 bridgehead atoms. The Hall–Kier alpha value is -4.85. The van der Waals surface area contributed by atoms with E-state index in [1.165, 1.54) is 12.1 Å². The maximum Gasteiger partial charge on any atom is 0.178 e. The zero-order valence-electron chi connectivity index (χ0n) is 26.7. The molecular formula is C40H36FNO5. The van der Waals surface area contributed by atoms with E-state index in [0.717, 1.165) is 80.0 Å². The third kappa shape index (κ3) is 4.37. The molecular weight excluding hydrogens is 593 g/mol. The summed E-state index contributed by atoms with van der Waals surface area (Å²) in [6.07, 6.45) is 4.57. The maximum atomic E-state index is 14.3. The summed E-state index contributed by atoms with van der Waals surface area (Å²) in [6, 6.07) is 26.6. The zero-order chi connectivity index (χ0) is 32.3. The van der Waals surface area contributed by atoms with Gasteiger partial charge in [0.25, 0.3) is 0 Å². The van der Waals surface area contributed by atoms with Crippen LogP contribution in [-0.2, 0) is 15.9 Å². The number of benzene rings is 5. The summed E-state index contributed by atoms with van der Waals surface area (Å²) in [7, 11) is 3.33. The summed E-state index contributed by atoms with van der Waals surface area (Å²) < 4.78 is 38.8. The molecule has 0 saturated carbocycles. The average Bonchev–Trinajstić information content (AvgIpc) is 3.40. The van der Waals surface area contributed by atoms with Crippen LogP contribution in [-0.4, -0.2) is 45.6 Å². The SMILES string of the molecule is CCC1(O)c2ccccc2-c2c1c1c(c3cc(OC)c(N4CCOCC4)cc23)OC(c2ccc(F)cc2)(c2ccc(OC)cc2)C=C1. The van der Waals surface area contributed by atoms with Crippen LogP contribution in [0.1, 0.15) is 41.2 Å². The smallest absolute Gasteiger partial charge is 0.178 e. The topological polar surface area (TPSA) is 60.4 Å². The fraction of sp³-hybridized carbons (Fsp3) is 0.250. The average molecular weight is 630 g/mol. The van der Waals surface area contributed by atoms with E-state index in [2.05, 4.69) is 29.2 Å². The zero-order valence-corrected chi connectivity index (χ0v) is 26.7. The van der Waals surface area contributed by atoms with Crippen LogP contribution in [0.15, 0.2) is 91.0 Å². The second-order valence-corrected chi connectivity index (χ2v) is 12.3. The van der Waals surface area contributed by atoms with Gasteiger partial charge in [0.1, 0.15) is 28.7 Å². The molecule has 0 aromatic heterocycles. The Morgan fingerprint density at radius 2 is 1.57 bits per heavy atom. The van der Waals surface area contributed by atoms with Gasteiger partial charge in [0.05, 0.1) is 33.1 Å². The number of nitrogens with zero attached hydrogens (tertiary/aromatic N) is 1. The maximum absolute atomic E-state index is 14.3. The van der Waals surface area contributed by atoms with Crippen molar-refractivity contribution >= 4 is 22.5 Å². The van der Waals surface area contributed by atoms with Crippen LogP contribution in [0.4, 0.5) is 10.1 Å². The van der Waals surface area contributed by atoms with Crippen LogP contribution >= 0.6 is 0 Å². The monoisotopic (exact) mass is 629 g/mol. The van der Waals surface area contributed by atoms with E-state index in [0.29, 0.717) is 25.4 Å². The molecule has 1 saturated heterocycles. The van der Waals surface area contributed by atoms with Crippen molar-refractivity contribution in [3.63, 3.8) is 0 Å². The number of morpholine rings is 1. The first-order valence-electron chi connectivity index (χ1n) is 16.1. The van der Waals surface area contributed by atoms with Crippen molar-refractivity contribution in [3.05, 3.63) is 125 Å². The number of methoxy groups -OCH3 is 2. The van der Waals surface area contributed by atoms with Crippen LogP contribution in [0.5, 0.6) is 17.2 Å². The standard InChI is InChI=1S/C40H36FNO5/c1-4-39(43)33-8-6-5-7-29(33)36-31-23-34(42-19-21-46-22-20-42)35(45-3)24-32(31)38-30(37(36)39)17-18-40(47-38,25-9-13-27(41)14-10-25)26-11-15-28(44-2)16-12-26/h5-18,23-24,43H,4,19-22H2,1-3H3. The molecule has 0 amide bonds. The first-order valence-corrected chi connectivity index (χ1v) is 16.1. The Bertz CT molecular complexity index is 2030. The van der Waals surface area contributed by atoms with Crippen molar-refractivity contribution in [1.29, 1.82) is 0 Å². The molecule has 2 heterocycles. The van der Waals surface area contributed by atoms with Gasteiger partial charge in [-0.15, -0.1) is 0 Å². The highest BCUT2D eigenvalue weighted by atomic mass is 19.1. The first kappa shape index (κ1) is 29.5. The lowest BCUT2D eigenvalue weighted by Gasteiger charge is -2.39. The number of halogens is 1. The highest BCUT2D eigenvalue weighted by Crippen LogP contribution is 2.59. The highest BCUT2D eigenvalue weighted by Gasteiger charge is 2.47. The lowest BCUT2D eigenvalue weighted by atomic mass is 9.79. The van der Waals surface area contributed by atoms with Crippen LogP contribution in [0, 0.1) is 5.82 Å². The molecule has 2 aliphatic heterocycles. The van der Waals surface area contributed by atoms with Crippen molar-refractivity contribution in [2.45, 2.75) is 24.5 Å². The highest BCUT2D eigenvalue weighted by molar-refractivity contribution is 6.10. The summed E-state index contributed by atoms with van der Waals surface area (Å²) in [5.41, 5.74) is 4.82. The van der Waals surface area contributed by atoms with Crippen molar-refractivity contribution in [3.8, 4) is 28.4 Å². The number of hydrogen-bond donors (Lipinski definition) is 1. The quantitative estimate of drug-likeness (QED) is 0.207. The molecule has 5 aromatic carbocycles. The predicted octanol–water partition coefficient (Wildman–Crippen LogP) is 7.81. The number of aliphatic hydroxyl groups is 1. The van der Waals surface area contributed by atoms with Gasteiger partial charge < -0.3 is 29.0 Å². The fourth-order valence-corrected chi connectivity index (χ4v) is 7.66. The summed E-state index contributed by atoms with van der Waals surface area (Å²) in [5.74, 6) is 1.76. The van der Waals surface area contributed by atoms with Gasteiger partial charge in [-0.1, -0.05) is 61.5 Å². The van der Waals surface area contributed by atoms with Gasteiger partial charge in [-0.05, 0) is 71.0 Å². The van der Waals surface area contributed by atoms with Crippen LogP contribution in [0.2, 0.25) is 0 Å². The minimum absolute atomic E-state index is 0.326. The van der Waals surface area contributed by atoms with E-state index in [1.807, 2.05) is 55.5 Å². The molecule has 2 atom stereocenters. The van der Waals surface area contributed by atoms with Gasteiger partial charge in [0, 0.05) is 40.7 Å². The fourth-order valence-electron chi connectivity index (χ4n) is 7.66. The van der Waals surface area contributed by atoms with Crippen molar-refractivity contribution in [1.82, 2.24) is 0 Å². The Kier molecular flexibility index (Phi) is 7.01. The van der Waals surface area contributed by atoms with E-state index >= 15 is 0 Å². The van der Waals surface area contributed by atoms with E-state index in [-0.39, 0.29) is 5.82 Å². The molecule has 2 unspecified atom stereocenters. The molecule has 1 aliphatic carbocycles. The van der Waals surface area contributed by atoms with E-state index < -0.39 is 11.2 Å². The minimum atomic E-state index is -1.23. The molecule has 1 N–H and O–H groups in total. The molecule has 6 nitrogen and oxygen atoms in total. The van der Waals surface area contributed by atoms with Crippen molar-refractivity contribution < 1.29 is 28.4 Å². The molecule has 0 radical (unpaired) electrons. The molecule has 7 heteroatoms. The normalized spacial score (nSPS) is 21.2. The van der Waals surface area contributed by atoms with Crippen molar-refractivity contribution in [2.24, 2.45) is 0 Å². The Morgan fingerprint density at radius 3 is 2.26 bits per heavy atom. The Morgan fingerprint density at radius 1 is 0.872 bits per heavy atom. The third-order valence-corrected chi connectivity index (χ3v) is 10.1. The van der Waals surface area contributed by atoms with E-state index in [4.69, 9.17) is 18.9 Å². The van der Waals surface area contributed by atoms with E-state index in [9.17, 15) is 9.50 Å². The Labute approximate surface area is 273 Å². The number of rotatable bonds is 6. The van der Waals surface area contributed by atoms with Gasteiger partial charge >= 0.3 is 0 Å². The number of anilines is 1. The molecule has 5 aromatic rings. The van der Waals surface area contributed by atoms with Crippen LogP contribution < -0.4 is 19.1 Å². The lowest BCUT2D eigenvalue weighted by molar-refractivity contribution is 0.0801. The number of ether oxygens (including phenoxy) is 4. The number of hydrogen-bond acceptors (Lipinski definition) is 6. The summed E-state index contributed by atoms with van der Waals surface area (Å²) in [6.45, 7) is 4.78. The van der Waals surface area contributed by atoms with Gasteiger partial charge in [-0.2, -0.15) is 0 Å². The van der Waals surface area contributed by atoms with Gasteiger partial charge in [0.15, 0.2) is 5.60 Å². The summed E-state index contributed by atoms with van der Waals surface area (Å²) >= 11 is 0. The summed E-state index contributed by atoms with van der Waals surface area (Å²) in [5, 5.41) is 14.4. The molecule has 238 valence electrons. The van der Waals surface area contributed by atoms with Crippen molar-refractivity contribution in [2.75, 3.05) is 45.4 Å². The predicted molar refractivity (Wildman–Crippen MR) is 182 cm³/mol. The van der Waals surface area contributed by atoms with Crippen LogP contribution in [0.25, 0.3) is 28.0 Å². The minimum Gasteiger partial charge on any atom is -0.497 e. The molecule has 8 rings (SSSR count). The van der Waals surface area contributed by atoms with Crippen LogP contribution in [0.3, 0.4) is 0 Å². The largest absolute Gasteiger partial charge is 0.497 e. The van der Waals surface area contributed by atoms with E-state index in [1.54, 1.807) is 26.4 Å². The molecule has 0 spiro atoms. The van der Waals surface area contributed by atoms with Gasteiger partial charge in [0.2, 0.25) is 0 Å². The Balaban J connectivity index is 1.46. The molecule has 47 heavy (non-hydrogen) atoms. The van der Waals surface area contributed by atoms with Gasteiger partial charge in [-0.25, -0.2) is 4.39 Å². The summed E-state index contributed by atoms with van der Waals surface area (Å²) in [4.78, 5) is 2.29. The van der Waals surface area contributed by atoms with Gasteiger partial charge in [-0.3, -0.25) is 0 Å². The second-order valence-electron chi connectivity index (χ2n) is 12.3. The lowest BCUT2D eigenvalue weighted by Crippen LogP contribution is -2.36. The first-order chi connectivity index (χ1) is 22.9.